The van der Waals surface area contributed by atoms with Crippen molar-refractivity contribution in [3.63, 3.8) is 0 Å². The Labute approximate surface area is 192 Å². The molecule has 1 atom stereocenters. The summed E-state index contributed by atoms with van der Waals surface area (Å²) in [5.41, 5.74) is 3.37. The second kappa shape index (κ2) is 11.7. The molecule has 1 aliphatic carbocycles. The molecular formula is C27H36N2O3. The van der Waals surface area contributed by atoms with Crippen molar-refractivity contribution in [2.75, 3.05) is 6.61 Å². The standard InChI is InChI=1S/C27H36N2O3/c1-4-21-14-16-24(17-15-21)32-19-26(30)29(18-22-11-7-6-10-20(22)3)25(5-2)27(31)28-23-12-8-9-13-23/h6-7,10-11,14-17,23,25H,4-5,8-9,12-13,18-19H2,1-3H3,(H,28,31)/t25-/m0/s1. The van der Waals surface area contributed by atoms with E-state index in [0.717, 1.165) is 43.2 Å². The van der Waals surface area contributed by atoms with E-state index < -0.39 is 6.04 Å². The highest BCUT2D eigenvalue weighted by Crippen LogP contribution is 2.20. The highest BCUT2D eigenvalue weighted by atomic mass is 16.5. The molecule has 0 aliphatic heterocycles. The molecule has 1 fully saturated rings. The lowest BCUT2D eigenvalue weighted by Crippen LogP contribution is -2.52. The molecule has 2 aromatic carbocycles. The van der Waals surface area contributed by atoms with Crippen LogP contribution in [0.1, 0.15) is 62.6 Å². The Bertz CT molecular complexity index is 888. The number of hydrogen-bond donors (Lipinski definition) is 1. The zero-order valence-electron chi connectivity index (χ0n) is 19.6. The first kappa shape index (κ1) is 23.8. The Morgan fingerprint density at radius 3 is 2.38 bits per heavy atom. The Hall–Kier alpha value is -2.82. The summed E-state index contributed by atoms with van der Waals surface area (Å²) >= 11 is 0. The number of ether oxygens (including phenoxy) is 1. The number of carbonyl (C=O) groups excluding carboxylic acids is 2. The third-order valence-corrected chi connectivity index (χ3v) is 6.38. The fourth-order valence-electron chi connectivity index (χ4n) is 4.31. The average Bonchev–Trinajstić information content (AvgIpc) is 3.32. The van der Waals surface area contributed by atoms with Crippen LogP contribution >= 0.6 is 0 Å². The lowest BCUT2D eigenvalue weighted by atomic mass is 10.1. The van der Waals surface area contributed by atoms with Gasteiger partial charge in [0.05, 0.1) is 0 Å². The molecule has 2 aromatic rings. The normalized spacial score (nSPS) is 14.7. The van der Waals surface area contributed by atoms with Crippen LogP contribution in [-0.4, -0.2) is 35.4 Å². The number of rotatable bonds is 10. The first-order valence-electron chi connectivity index (χ1n) is 11.9. The first-order chi connectivity index (χ1) is 15.5. The van der Waals surface area contributed by atoms with Gasteiger partial charge in [-0.25, -0.2) is 0 Å². The summed E-state index contributed by atoms with van der Waals surface area (Å²) < 4.78 is 5.80. The predicted molar refractivity (Wildman–Crippen MR) is 128 cm³/mol. The maximum atomic E-state index is 13.3. The molecule has 5 heteroatoms. The summed E-state index contributed by atoms with van der Waals surface area (Å²) in [5.74, 6) is 0.421. The van der Waals surface area contributed by atoms with Gasteiger partial charge < -0.3 is 15.0 Å². The van der Waals surface area contributed by atoms with Crippen molar-refractivity contribution in [1.29, 1.82) is 0 Å². The highest BCUT2D eigenvalue weighted by Gasteiger charge is 2.31. The third kappa shape index (κ3) is 6.35. The van der Waals surface area contributed by atoms with Crippen molar-refractivity contribution in [3.8, 4) is 5.75 Å². The molecule has 0 unspecified atom stereocenters. The molecule has 1 N–H and O–H groups in total. The van der Waals surface area contributed by atoms with Crippen LogP contribution in [0, 0.1) is 6.92 Å². The lowest BCUT2D eigenvalue weighted by molar-refractivity contribution is -0.143. The summed E-state index contributed by atoms with van der Waals surface area (Å²) in [6.45, 7) is 6.39. The van der Waals surface area contributed by atoms with Gasteiger partial charge in [0.2, 0.25) is 5.91 Å². The zero-order chi connectivity index (χ0) is 22.9. The Balaban J connectivity index is 1.75. The number of nitrogens with zero attached hydrogens (tertiary/aromatic N) is 1. The van der Waals surface area contributed by atoms with Gasteiger partial charge in [0.1, 0.15) is 11.8 Å². The molecule has 0 radical (unpaired) electrons. The molecule has 1 aliphatic rings. The molecule has 172 valence electrons. The largest absolute Gasteiger partial charge is 0.484 e. The molecule has 2 amide bonds. The molecule has 0 heterocycles. The van der Waals surface area contributed by atoms with Crippen LogP contribution in [-0.2, 0) is 22.6 Å². The SMILES string of the molecule is CCc1ccc(OCC(=O)N(Cc2ccccc2C)[C@@H](CC)C(=O)NC2CCCC2)cc1. The van der Waals surface area contributed by atoms with E-state index >= 15 is 0 Å². The minimum atomic E-state index is -0.520. The van der Waals surface area contributed by atoms with Gasteiger partial charge in [-0.15, -0.1) is 0 Å². The minimum absolute atomic E-state index is 0.0615. The molecule has 5 nitrogen and oxygen atoms in total. The van der Waals surface area contributed by atoms with Crippen molar-refractivity contribution in [2.24, 2.45) is 0 Å². The average molecular weight is 437 g/mol. The van der Waals surface area contributed by atoms with Crippen molar-refractivity contribution >= 4 is 11.8 Å². The number of amides is 2. The fourth-order valence-corrected chi connectivity index (χ4v) is 4.31. The summed E-state index contributed by atoms with van der Waals surface area (Å²) in [4.78, 5) is 28.2. The fraction of sp³-hybridized carbons (Fsp3) is 0.481. The predicted octanol–water partition coefficient (Wildman–Crippen LogP) is 4.80. The van der Waals surface area contributed by atoms with Gasteiger partial charge in [0, 0.05) is 12.6 Å². The van der Waals surface area contributed by atoms with E-state index in [-0.39, 0.29) is 24.5 Å². The summed E-state index contributed by atoms with van der Waals surface area (Å²) in [5, 5.41) is 3.18. The van der Waals surface area contributed by atoms with E-state index in [1.165, 1.54) is 5.56 Å². The van der Waals surface area contributed by atoms with Crippen molar-refractivity contribution in [2.45, 2.75) is 77.9 Å². The monoisotopic (exact) mass is 436 g/mol. The summed E-state index contributed by atoms with van der Waals surface area (Å²) in [7, 11) is 0. The smallest absolute Gasteiger partial charge is 0.261 e. The minimum Gasteiger partial charge on any atom is -0.484 e. The van der Waals surface area contributed by atoms with Gasteiger partial charge in [-0.3, -0.25) is 9.59 Å². The molecule has 3 rings (SSSR count). The molecule has 0 spiro atoms. The van der Waals surface area contributed by atoms with E-state index in [1.807, 2.05) is 62.4 Å². The van der Waals surface area contributed by atoms with Crippen LogP contribution in [0.15, 0.2) is 48.5 Å². The van der Waals surface area contributed by atoms with E-state index in [9.17, 15) is 9.59 Å². The van der Waals surface area contributed by atoms with Crippen LogP contribution in [0.3, 0.4) is 0 Å². The van der Waals surface area contributed by atoms with Gasteiger partial charge in [-0.1, -0.05) is 63.1 Å². The molecule has 1 saturated carbocycles. The van der Waals surface area contributed by atoms with E-state index in [0.29, 0.717) is 18.7 Å². The van der Waals surface area contributed by atoms with Crippen molar-refractivity contribution in [3.05, 3.63) is 65.2 Å². The summed E-state index contributed by atoms with van der Waals surface area (Å²) in [6.07, 6.45) is 5.85. The lowest BCUT2D eigenvalue weighted by Gasteiger charge is -2.32. The van der Waals surface area contributed by atoms with E-state index in [2.05, 4.69) is 12.2 Å². The summed E-state index contributed by atoms with van der Waals surface area (Å²) in [6, 6.07) is 15.5. The molecule has 32 heavy (non-hydrogen) atoms. The second-order valence-electron chi connectivity index (χ2n) is 8.65. The van der Waals surface area contributed by atoms with E-state index in [1.54, 1.807) is 4.90 Å². The number of carbonyl (C=O) groups is 2. The van der Waals surface area contributed by atoms with Gasteiger partial charge in [-0.2, -0.15) is 0 Å². The number of hydrogen-bond acceptors (Lipinski definition) is 3. The van der Waals surface area contributed by atoms with E-state index in [4.69, 9.17) is 4.74 Å². The zero-order valence-corrected chi connectivity index (χ0v) is 19.6. The third-order valence-electron chi connectivity index (χ3n) is 6.38. The van der Waals surface area contributed by atoms with Crippen LogP contribution in [0.25, 0.3) is 0 Å². The van der Waals surface area contributed by atoms with Crippen LogP contribution in [0.5, 0.6) is 5.75 Å². The van der Waals surface area contributed by atoms with Crippen molar-refractivity contribution in [1.82, 2.24) is 10.2 Å². The Kier molecular flexibility index (Phi) is 8.72. The quantitative estimate of drug-likeness (QED) is 0.582. The highest BCUT2D eigenvalue weighted by molar-refractivity contribution is 5.88. The second-order valence-corrected chi connectivity index (χ2v) is 8.65. The molecule has 0 aromatic heterocycles. The van der Waals surface area contributed by atoms with Gasteiger partial charge in [0.25, 0.3) is 5.91 Å². The molecule has 0 saturated heterocycles. The number of benzene rings is 2. The van der Waals surface area contributed by atoms with Gasteiger partial charge in [-0.05, 0) is 61.4 Å². The van der Waals surface area contributed by atoms with Gasteiger partial charge in [0.15, 0.2) is 6.61 Å². The van der Waals surface area contributed by atoms with Crippen LogP contribution < -0.4 is 10.1 Å². The van der Waals surface area contributed by atoms with Crippen molar-refractivity contribution < 1.29 is 14.3 Å². The van der Waals surface area contributed by atoms with Crippen LogP contribution in [0.2, 0.25) is 0 Å². The molecule has 0 bridgehead atoms. The topological polar surface area (TPSA) is 58.6 Å². The maximum Gasteiger partial charge on any atom is 0.261 e. The van der Waals surface area contributed by atoms with Gasteiger partial charge >= 0.3 is 0 Å². The first-order valence-corrected chi connectivity index (χ1v) is 11.9. The number of aryl methyl sites for hydroxylation is 2. The number of nitrogens with one attached hydrogen (secondary N) is 1. The van der Waals surface area contributed by atoms with Crippen LogP contribution in [0.4, 0.5) is 0 Å². The molecular weight excluding hydrogens is 400 g/mol. The Morgan fingerprint density at radius 2 is 1.75 bits per heavy atom. The Morgan fingerprint density at radius 1 is 1.06 bits per heavy atom. The maximum absolute atomic E-state index is 13.3.